The lowest BCUT2D eigenvalue weighted by Crippen LogP contribution is -2.14. The zero-order valence-corrected chi connectivity index (χ0v) is 11.2. The Labute approximate surface area is 111 Å². The molecule has 0 aliphatic carbocycles. The number of hydrogen-bond acceptors (Lipinski definition) is 4. The Bertz CT molecular complexity index is 592. The summed E-state index contributed by atoms with van der Waals surface area (Å²) in [5.41, 5.74) is 1.63. The number of ether oxygens (including phenoxy) is 1. The van der Waals surface area contributed by atoms with E-state index in [4.69, 9.17) is 4.74 Å². The Morgan fingerprint density at radius 2 is 2.26 bits per heavy atom. The maximum absolute atomic E-state index is 11.9. The first-order chi connectivity index (χ1) is 9.13. The molecule has 0 aliphatic heterocycles. The number of H-pyrrole nitrogens is 1. The van der Waals surface area contributed by atoms with Gasteiger partial charge in [-0.2, -0.15) is 0 Å². The van der Waals surface area contributed by atoms with Crippen molar-refractivity contribution >= 4 is 11.6 Å². The molecule has 1 aromatic heterocycles. The maximum atomic E-state index is 11.9. The van der Waals surface area contributed by atoms with Gasteiger partial charge in [-0.15, -0.1) is 5.10 Å². The molecule has 6 nitrogen and oxygen atoms in total. The van der Waals surface area contributed by atoms with Crippen LogP contribution in [-0.4, -0.2) is 28.2 Å². The Morgan fingerprint density at radius 3 is 2.84 bits per heavy atom. The van der Waals surface area contributed by atoms with Crippen molar-refractivity contribution in [1.82, 2.24) is 15.2 Å². The number of hydrogen-bond donors (Lipinski definition) is 2. The molecule has 100 valence electrons. The molecular weight excluding hydrogens is 244 g/mol. The van der Waals surface area contributed by atoms with E-state index in [1.807, 2.05) is 19.9 Å². The average Bonchev–Trinajstić information content (AvgIpc) is 2.88. The third-order valence-electron chi connectivity index (χ3n) is 2.72. The van der Waals surface area contributed by atoms with Crippen LogP contribution in [0.15, 0.2) is 18.2 Å². The van der Waals surface area contributed by atoms with Gasteiger partial charge in [0, 0.05) is 12.1 Å². The first-order valence-electron chi connectivity index (χ1n) is 6.01. The fourth-order valence-corrected chi connectivity index (χ4v) is 1.70. The predicted octanol–water partition coefficient (Wildman–Crippen LogP) is 1.94. The Kier molecular flexibility index (Phi) is 3.79. The molecule has 19 heavy (non-hydrogen) atoms. The first-order valence-corrected chi connectivity index (χ1v) is 6.01. The molecule has 0 radical (unpaired) electrons. The van der Waals surface area contributed by atoms with Gasteiger partial charge in [0.15, 0.2) is 0 Å². The van der Waals surface area contributed by atoms with Crippen molar-refractivity contribution in [2.24, 2.45) is 0 Å². The van der Waals surface area contributed by atoms with Crippen LogP contribution in [0.2, 0.25) is 0 Å². The average molecular weight is 260 g/mol. The number of rotatable bonds is 4. The molecule has 1 heterocycles. The van der Waals surface area contributed by atoms with Gasteiger partial charge in [0.2, 0.25) is 5.82 Å². The quantitative estimate of drug-likeness (QED) is 0.880. The molecular formula is C13H16N4O2. The normalized spacial score (nSPS) is 10.3. The number of amides is 1. The Balaban J connectivity index is 2.12. The van der Waals surface area contributed by atoms with Gasteiger partial charge in [-0.25, -0.2) is 4.98 Å². The highest BCUT2D eigenvalue weighted by Crippen LogP contribution is 2.21. The summed E-state index contributed by atoms with van der Waals surface area (Å²) in [5.74, 6) is 1.28. The third kappa shape index (κ3) is 2.90. The van der Waals surface area contributed by atoms with Gasteiger partial charge in [0.05, 0.1) is 7.11 Å². The van der Waals surface area contributed by atoms with E-state index in [-0.39, 0.29) is 11.7 Å². The van der Waals surface area contributed by atoms with Crippen LogP contribution in [0, 0.1) is 6.92 Å². The van der Waals surface area contributed by atoms with Gasteiger partial charge in [-0.05, 0) is 30.7 Å². The zero-order chi connectivity index (χ0) is 13.8. The summed E-state index contributed by atoms with van der Waals surface area (Å²) in [6, 6.07) is 5.42. The predicted molar refractivity (Wildman–Crippen MR) is 71.4 cm³/mol. The van der Waals surface area contributed by atoms with Gasteiger partial charge in [0.1, 0.15) is 11.6 Å². The van der Waals surface area contributed by atoms with Gasteiger partial charge in [-0.1, -0.05) is 6.92 Å². The standard InChI is InChI=1S/C13H16N4O2/c1-4-11-15-12(17-16-11)13(18)14-9-5-6-10(19-3)8(2)7-9/h5-7H,4H2,1-3H3,(H,14,18)(H,15,16,17). The lowest BCUT2D eigenvalue weighted by molar-refractivity contribution is 0.101. The number of aromatic amines is 1. The molecule has 0 bridgehead atoms. The minimum atomic E-state index is -0.333. The molecule has 0 unspecified atom stereocenters. The number of carbonyl (C=O) groups is 1. The summed E-state index contributed by atoms with van der Waals surface area (Å²) in [7, 11) is 1.61. The van der Waals surface area contributed by atoms with Crippen LogP contribution in [0.4, 0.5) is 5.69 Å². The lowest BCUT2D eigenvalue weighted by Gasteiger charge is -2.07. The van der Waals surface area contributed by atoms with Gasteiger partial charge in [0.25, 0.3) is 5.91 Å². The second-order valence-corrected chi connectivity index (χ2v) is 4.10. The highest BCUT2D eigenvalue weighted by molar-refractivity contribution is 6.01. The summed E-state index contributed by atoms with van der Waals surface area (Å²) in [6.45, 7) is 3.85. The third-order valence-corrected chi connectivity index (χ3v) is 2.72. The number of aromatic nitrogens is 3. The molecule has 2 N–H and O–H groups in total. The van der Waals surface area contributed by atoms with Crippen molar-refractivity contribution in [3.8, 4) is 5.75 Å². The number of methoxy groups -OCH3 is 1. The van der Waals surface area contributed by atoms with Crippen molar-refractivity contribution in [2.75, 3.05) is 12.4 Å². The number of nitrogens with zero attached hydrogens (tertiary/aromatic N) is 2. The summed E-state index contributed by atoms with van der Waals surface area (Å²) in [5, 5.41) is 9.32. The summed E-state index contributed by atoms with van der Waals surface area (Å²) in [6.07, 6.45) is 0.710. The van der Waals surface area contributed by atoms with E-state index in [9.17, 15) is 4.79 Å². The van der Waals surface area contributed by atoms with Crippen LogP contribution in [0.3, 0.4) is 0 Å². The molecule has 2 rings (SSSR count). The van der Waals surface area contributed by atoms with Gasteiger partial charge in [-0.3, -0.25) is 9.89 Å². The molecule has 1 aromatic carbocycles. The van der Waals surface area contributed by atoms with Crippen molar-refractivity contribution in [1.29, 1.82) is 0 Å². The van der Waals surface area contributed by atoms with E-state index in [0.717, 1.165) is 11.3 Å². The summed E-state index contributed by atoms with van der Waals surface area (Å²) >= 11 is 0. The maximum Gasteiger partial charge on any atom is 0.295 e. The summed E-state index contributed by atoms with van der Waals surface area (Å²) in [4.78, 5) is 16.0. The molecule has 0 atom stereocenters. The minimum absolute atomic E-state index is 0.144. The fraction of sp³-hybridized carbons (Fsp3) is 0.308. The number of nitrogens with one attached hydrogen (secondary N) is 2. The minimum Gasteiger partial charge on any atom is -0.496 e. The lowest BCUT2D eigenvalue weighted by atomic mass is 10.2. The highest BCUT2D eigenvalue weighted by Gasteiger charge is 2.12. The van der Waals surface area contributed by atoms with Crippen molar-refractivity contribution < 1.29 is 9.53 Å². The van der Waals surface area contributed by atoms with E-state index in [0.29, 0.717) is 17.9 Å². The number of carbonyl (C=O) groups excluding carboxylic acids is 1. The van der Waals surface area contributed by atoms with Crippen LogP contribution in [-0.2, 0) is 6.42 Å². The first kappa shape index (κ1) is 13.1. The van der Waals surface area contributed by atoms with Gasteiger partial charge < -0.3 is 10.1 Å². The van der Waals surface area contributed by atoms with E-state index >= 15 is 0 Å². The zero-order valence-electron chi connectivity index (χ0n) is 11.2. The number of anilines is 1. The molecule has 0 aliphatic rings. The largest absolute Gasteiger partial charge is 0.496 e. The van der Waals surface area contributed by atoms with Crippen LogP contribution in [0.1, 0.15) is 28.9 Å². The van der Waals surface area contributed by atoms with Crippen LogP contribution >= 0.6 is 0 Å². The van der Waals surface area contributed by atoms with E-state index in [2.05, 4.69) is 20.5 Å². The smallest absolute Gasteiger partial charge is 0.295 e. The van der Waals surface area contributed by atoms with Crippen LogP contribution in [0.5, 0.6) is 5.75 Å². The number of benzene rings is 1. The molecule has 6 heteroatoms. The molecule has 0 saturated carbocycles. The summed E-state index contributed by atoms with van der Waals surface area (Å²) < 4.78 is 5.17. The monoisotopic (exact) mass is 260 g/mol. The highest BCUT2D eigenvalue weighted by atomic mass is 16.5. The number of aryl methyl sites for hydroxylation is 2. The molecule has 0 saturated heterocycles. The molecule has 1 amide bonds. The second-order valence-electron chi connectivity index (χ2n) is 4.10. The Hall–Kier alpha value is -2.37. The van der Waals surface area contributed by atoms with Crippen LogP contribution < -0.4 is 10.1 Å². The van der Waals surface area contributed by atoms with E-state index in [1.165, 1.54) is 0 Å². The second kappa shape index (κ2) is 5.51. The molecule has 2 aromatic rings. The molecule has 0 spiro atoms. The van der Waals surface area contributed by atoms with Crippen LogP contribution in [0.25, 0.3) is 0 Å². The van der Waals surface area contributed by atoms with E-state index < -0.39 is 0 Å². The van der Waals surface area contributed by atoms with Crippen molar-refractivity contribution in [2.45, 2.75) is 20.3 Å². The molecule has 0 fully saturated rings. The van der Waals surface area contributed by atoms with Crippen molar-refractivity contribution in [3.05, 3.63) is 35.4 Å². The Morgan fingerprint density at radius 1 is 1.47 bits per heavy atom. The SMILES string of the molecule is CCc1nc(C(=O)Nc2ccc(OC)c(C)c2)n[nH]1. The topological polar surface area (TPSA) is 79.9 Å². The van der Waals surface area contributed by atoms with Gasteiger partial charge >= 0.3 is 0 Å². The van der Waals surface area contributed by atoms with E-state index in [1.54, 1.807) is 19.2 Å². The van der Waals surface area contributed by atoms with Crippen molar-refractivity contribution in [3.63, 3.8) is 0 Å². The fourth-order valence-electron chi connectivity index (χ4n) is 1.70.